The fraction of sp³-hybridized carbons (Fsp3) is 0.308. The first kappa shape index (κ1) is 11.5. The number of hydrogen-bond acceptors (Lipinski definition) is 3. The fourth-order valence-corrected chi connectivity index (χ4v) is 1.78. The monoisotopic (exact) mass is 230 g/mol. The quantitative estimate of drug-likeness (QED) is 0.575. The van der Waals surface area contributed by atoms with Crippen molar-refractivity contribution in [2.75, 3.05) is 5.01 Å². The number of benzene rings is 1. The number of aryl methyl sites for hydroxylation is 2. The standard InChI is InChI=1S/C13H14N2O2/c1-8-4-5-11(6-9(8)2)15-13(17)12(7-16)10(3)14-15/h4-7,12H,1-3H3. The first-order valence-corrected chi connectivity index (χ1v) is 5.46. The summed E-state index contributed by atoms with van der Waals surface area (Å²) in [5.74, 6) is -1.00. The molecule has 1 aliphatic heterocycles. The first-order chi connectivity index (χ1) is 8.04. The zero-order valence-corrected chi connectivity index (χ0v) is 10.1. The minimum absolute atomic E-state index is 0.277. The smallest absolute Gasteiger partial charge is 0.263 e. The zero-order chi connectivity index (χ0) is 12.6. The van der Waals surface area contributed by atoms with Gasteiger partial charge in [0.2, 0.25) is 0 Å². The van der Waals surface area contributed by atoms with Crippen molar-refractivity contribution in [2.45, 2.75) is 20.8 Å². The lowest BCUT2D eigenvalue weighted by Crippen LogP contribution is -2.27. The molecule has 1 aliphatic rings. The van der Waals surface area contributed by atoms with E-state index in [0.717, 1.165) is 11.1 Å². The van der Waals surface area contributed by atoms with Crippen LogP contribution in [0.1, 0.15) is 18.1 Å². The van der Waals surface area contributed by atoms with Gasteiger partial charge in [-0.1, -0.05) is 6.07 Å². The van der Waals surface area contributed by atoms with E-state index in [4.69, 9.17) is 0 Å². The second-order valence-corrected chi connectivity index (χ2v) is 4.27. The summed E-state index contributed by atoms with van der Waals surface area (Å²) in [5.41, 5.74) is 3.51. The van der Waals surface area contributed by atoms with Crippen LogP contribution in [0.5, 0.6) is 0 Å². The fourth-order valence-electron chi connectivity index (χ4n) is 1.78. The summed E-state index contributed by atoms with van der Waals surface area (Å²) >= 11 is 0. The highest BCUT2D eigenvalue weighted by molar-refractivity contribution is 6.22. The molecule has 4 heteroatoms. The Hall–Kier alpha value is -1.97. The van der Waals surface area contributed by atoms with Gasteiger partial charge < -0.3 is 4.79 Å². The maximum Gasteiger partial charge on any atom is 0.263 e. The zero-order valence-electron chi connectivity index (χ0n) is 10.1. The first-order valence-electron chi connectivity index (χ1n) is 5.46. The Bertz CT molecular complexity index is 520. The summed E-state index contributed by atoms with van der Waals surface area (Å²) in [6.07, 6.45) is 0.641. The number of hydrazone groups is 1. The van der Waals surface area contributed by atoms with Gasteiger partial charge in [0.25, 0.3) is 5.91 Å². The van der Waals surface area contributed by atoms with Gasteiger partial charge in [0.05, 0.1) is 11.4 Å². The molecular formula is C13H14N2O2. The third-order valence-electron chi connectivity index (χ3n) is 3.05. The summed E-state index contributed by atoms with van der Waals surface area (Å²) in [4.78, 5) is 22.7. The van der Waals surface area contributed by atoms with Crippen molar-refractivity contribution in [2.24, 2.45) is 11.0 Å². The predicted octanol–water partition coefficient (Wildman–Crippen LogP) is 1.84. The van der Waals surface area contributed by atoms with Gasteiger partial charge in [-0.05, 0) is 44.0 Å². The van der Waals surface area contributed by atoms with Crippen molar-refractivity contribution >= 4 is 23.6 Å². The molecule has 2 rings (SSSR count). The van der Waals surface area contributed by atoms with Crippen molar-refractivity contribution in [1.82, 2.24) is 0 Å². The summed E-state index contributed by atoms with van der Waals surface area (Å²) in [6, 6.07) is 5.68. The van der Waals surface area contributed by atoms with E-state index in [0.29, 0.717) is 17.7 Å². The Morgan fingerprint density at radius 2 is 1.94 bits per heavy atom. The topological polar surface area (TPSA) is 49.7 Å². The maximum atomic E-state index is 11.9. The molecule has 0 fully saturated rings. The highest BCUT2D eigenvalue weighted by atomic mass is 16.2. The molecule has 0 radical (unpaired) electrons. The third kappa shape index (κ3) is 1.86. The van der Waals surface area contributed by atoms with E-state index >= 15 is 0 Å². The molecule has 1 atom stereocenters. The third-order valence-corrected chi connectivity index (χ3v) is 3.05. The Balaban J connectivity index is 2.39. The van der Waals surface area contributed by atoms with Gasteiger partial charge in [-0.3, -0.25) is 4.79 Å². The number of amides is 1. The molecule has 1 unspecified atom stereocenters. The average molecular weight is 230 g/mol. The van der Waals surface area contributed by atoms with Crippen LogP contribution in [0.4, 0.5) is 5.69 Å². The number of carbonyl (C=O) groups is 2. The molecule has 4 nitrogen and oxygen atoms in total. The van der Waals surface area contributed by atoms with Crippen LogP contribution in [0, 0.1) is 19.8 Å². The lowest BCUT2D eigenvalue weighted by Gasteiger charge is -2.13. The molecule has 88 valence electrons. The van der Waals surface area contributed by atoms with Crippen molar-refractivity contribution in [3.05, 3.63) is 29.3 Å². The van der Waals surface area contributed by atoms with Gasteiger partial charge in [0.15, 0.2) is 0 Å². The Morgan fingerprint density at radius 3 is 2.47 bits per heavy atom. The van der Waals surface area contributed by atoms with Gasteiger partial charge in [-0.2, -0.15) is 10.1 Å². The lowest BCUT2D eigenvalue weighted by molar-refractivity contribution is -0.123. The van der Waals surface area contributed by atoms with Crippen LogP contribution >= 0.6 is 0 Å². The van der Waals surface area contributed by atoms with Crippen LogP contribution in [0.2, 0.25) is 0 Å². The van der Waals surface area contributed by atoms with E-state index in [1.807, 2.05) is 32.0 Å². The number of rotatable bonds is 2. The van der Waals surface area contributed by atoms with Crippen molar-refractivity contribution in [1.29, 1.82) is 0 Å². The van der Waals surface area contributed by atoms with Crippen LogP contribution in [0.25, 0.3) is 0 Å². The second-order valence-electron chi connectivity index (χ2n) is 4.27. The van der Waals surface area contributed by atoms with E-state index in [-0.39, 0.29) is 5.91 Å². The van der Waals surface area contributed by atoms with Gasteiger partial charge >= 0.3 is 0 Å². The van der Waals surface area contributed by atoms with Crippen LogP contribution in [-0.4, -0.2) is 17.9 Å². The Kier molecular flexibility index (Phi) is 2.79. The number of carbonyl (C=O) groups excluding carboxylic acids is 2. The number of hydrogen-bond donors (Lipinski definition) is 0. The normalized spacial score (nSPS) is 19.5. The SMILES string of the molecule is CC1=NN(c2ccc(C)c(C)c2)C(=O)C1C=O. The molecule has 0 bridgehead atoms. The van der Waals surface area contributed by atoms with E-state index in [2.05, 4.69) is 5.10 Å². The molecule has 1 heterocycles. The number of anilines is 1. The summed E-state index contributed by atoms with van der Waals surface area (Å²) in [6.45, 7) is 5.68. The molecule has 0 saturated heterocycles. The molecular weight excluding hydrogens is 216 g/mol. The van der Waals surface area contributed by atoms with E-state index in [1.54, 1.807) is 6.92 Å². The van der Waals surface area contributed by atoms with E-state index in [1.165, 1.54) is 5.01 Å². The second kappa shape index (κ2) is 4.13. The lowest BCUT2D eigenvalue weighted by atomic mass is 10.1. The average Bonchev–Trinajstić information content (AvgIpc) is 2.58. The van der Waals surface area contributed by atoms with Crippen LogP contribution in [-0.2, 0) is 9.59 Å². The van der Waals surface area contributed by atoms with Crippen LogP contribution < -0.4 is 5.01 Å². The summed E-state index contributed by atoms with van der Waals surface area (Å²) < 4.78 is 0. The molecule has 1 amide bonds. The van der Waals surface area contributed by atoms with Gasteiger partial charge in [-0.25, -0.2) is 0 Å². The largest absolute Gasteiger partial charge is 0.302 e. The van der Waals surface area contributed by atoms with Crippen molar-refractivity contribution in [3.63, 3.8) is 0 Å². The summed E-state index contributed by atoms with van der Waals surface area (Å²) in [7, 11) is 0. The molecule has 1 aromatic rings. The molecule has 0 saturated carbocycles. The molecule has 0 spiro atoms. The van der Waals surface area contributed by atoms with Crippen LogP contribution in [0.15, 0.2) is 23.3 Å². The van der Waals surface area contributed by atoms with Crippen molar-refractivity contribution in [3.8, 4) is 0 Å². The predicted molar refractivity (Wildman–Crippen MR) is 66.1 cm³/mol. The minimum atomic E-state index is -0.725. The highest BCUT2D eigenvalue weighted by Crippen LogP contribution is 2.24. The van der Waals surface area contributed by atoms with E-state index < -0.39 is 5.92 Å². The molecule has 17 heavy (non-hydrogen) atoms. The minimum Gasteiger partial charge on any atom is -0.302 e. The Labute approximate surface area is 99.9 Å². The molecule has 0 N–H and O–H groups in total. The highest BCUT2D eigenvalue weighted by Gasteiger charge is 2.33. The van der Waals surface area contributed by atoms with E-state index in [9.17, 15) is 9.59 Å². The Morgan fingerprint density at radius 1 is 1.24 bits per heavy atom. The van der Waals surface area contributed by atoms with Gasteiger partial charge in [-0.15, -0.1) is 0 Å². The maximum absolute atomic E-state index is 11.9. The summed E-state index contributed by atoms with van der Waals surface area (Å²) in [5, 5.41) is 5.44. The van der Waals surface area contributed by atoms with Gasteiger partial charge in [0, 0.05) is 0 Å². The molecule has 0 aliphatic carbocycles. The number of nitrogens with zero attached hydrogens (tertiary/aromatic N) is 2. The number of aldehydes is 1. The molecule has 0 aromatic heterocycles. The van der Waals surface area contributed by atoms with Gasteiger partial charge in [0.1, 0.15) is 12.2 Å². The van der Waals surface area contributed by atoms with Crippen molar-refractivity contribution < 1.29 is 9.59 Å². The molecule has 1 aromatic carbocycles. The van der Waals surface area contributed by atoms with Crippen LogP contribution in [0.3, 0.4) is 0 Å².